The molecular formula is C16H21ClN4O3. The van der Waals surface area contributed by atoms with E-state index in [0.717, 1.165) is 17.4 Å². The fourth-order valence-corrected chi connectivity index (χ4v) is 2.59. The fraction of sp³-hybridized carbons (Fsp3) is 0.375. The Morgan fingerprint density at radius 3 is 2.92 bits per heavy atom. The number of aromatic nitrogens is 1. The van der Waals surface area contributed by atoms with Gasteiger partial charge in [0.15, 0.2) is 0 Å². The second kappa shape index (κ2) is 8.14. The molecule has 2 aromatic rings. The quantitative estimate of drug-likeness (QED) is 0.757. The monoisotopic (exact) mass is 352 g/mol. The van der Waals surface area contributed by atoms with E-state index < -0.39 is 6.10 Å². The predicted molar refractivity (Wildman–Crippen MR) is 94.5 cm³/mol. The number of benzene rings is 1. The number of carbonyl (C=O) groups is 2. The molecule has 0 aliphatic carbocycles. The van der Waals surface area contributed by atoms with E-state index in [1.165, 1.54) is 0 Å². The van der Waals surface area contributed by atoms with Crippen LogP contribution in [-0.2, 0) is 20.9 Å². The van der Waals surface area contributed by atoms with E-state index in [-0.39, 0.29) is 30.8 Å². The Bertz CT molecular complexity index is 725. The standard InChI is InChI=1S/C16H20N4O3.ClH/c1-17-15(21)10-20-6-4-11-2-3-12(8-13(11)20)19-16(22)14-9-18-5-7-23-14;/h2-4,6,8,14,18H,5,7,9-10H2,1H3,(H,17,21)(H,19,22);1H. The van der Waals surface area contributed by atoms with Crippen LogP contribution in [0.1, 0.15) is 0 Å². The van der Waals surface area contributed by atoms with Crippen molar-refractivity contribution in [2.45, 2.75) is 12.6 Å². The third-order valence-corrected chi connectivity index (χ3v) is 3.85. The van der Waals surface area contributed by atoms with Gasteiger partial charge in [0.1, 0.15) is 12.6 Å². The SMILES string of the molecule is CNC(=O)Cn1ccc2ccc(NC(=O)C3CNCCO3)cc21.Cl. The minimum Gasteiger partial charge on any atom is -0.366 e. The zero-order valence-electron chi connectivity index (χ0n) is 13.4. The Morgan fingerprint density at radius 2 is 2.21 bits per heavy atom. The maximum Gasteiger partial charge on any atom is 0.254 e. The van der Waals surface area contributed by atoms with Gasteiger partial charge >= 0.3 is 0 Å². The summed E-state index contributed by atoms with van der Waals surface area (Å²) in [6.45, 7) is 2.06. The molecule has 3 N–H and O–H groups in total. The third-order valence-electron chi connectivity index (χ3n) is 3.85. The second-order valence-electron chi connectivity index (χ2n) is 5.44. The van der Waals surface area contributed by atoms with Crippen molar-refractivity contribution < 1.29 is 14.3 Å². The van der Waals surface area contributed by atoms with Gasteiger partial charge in [-0.3, -0.25) is 9.59 Å². The number of halogens is 1. The van der Waals surface area contributed by atoms with Gasteiger partial charge < -0.3 is 25.3 Å². The molecule has 2 amide bonds. The molecular weight excluding hydrogens is 332 g/mol. The predicted octanol–water partition coefficient (Wildman–Crippen LogP) is 0.736. The van der Waals surface area contributed by atoms with Gasteiger partial charge in [-0.2, -0.15) is 0 Å². The van der Waals surface area contributed by atoms with Gasteiger partial charge in [0.2, 0.25) is 5.91 Å². The lowest BCUT2D eigenvalue weighted by molar-refractivity contribution is -0.128. The number of amides is 2. The lowest BCUT2D eigenvalue weighted by atomic mass is 10.2. The minimum absolute atomic E-state index is 0. The van der Waals surface area contributed by atoms with Gasteiger partial charge in [0.25, 0.3) is 5.91 Å². The zero-order chi connectivity index (χ0) is 16.2. The van der Waals surface area contributed by atoms with Crippen molar-refractivity contribution in [1.82, 2.24) is 15.2 Å². The van der Waals surface area contributed by atoms with Crippen molar-refractivity contribution in [1.29, 1.82) is 0 Å². The van der Waals surface area contributed by atoms with E-state index in [1.807, 2.05) is 35.0 Å². The number of carbonyl (C=O) groups excluding carboxylic acids is 2. The zero-order valence-corrected chi connectivity index (χ0v) is 14.2. The third kappa shape index (κ3) is 4.05. The van der Waals surface area contributed by atoms with Crippen LogP contribution in [0.5, 0.6) is 0 Å². The number of anilines is 1. The van der Waals surface area contributed by atoms with Crippen LogP contribution in [-0.4, -0.2) is 49.2 Å². The summed E-state index contributed by atoms with van der Waals surface area (Å²) in [7, 11) is 1.61. The Kier molecular flexibility index (Phi) is 6.19. The highest BCUT2D eigenvalue weighted by Crippen LogP contribution is 2.21. The highest BCUT2D eigenvalue weighted by Gasteiger charge is 2.21. The maximum atomic E-state index is 12.2. The molecule has 8 heteroatoms. The molecule has 1 aromatic heterocycles. The molecule has 0 spiro atoms. The molecule has 1 aliphatic heterocycles. The highest BCUT2D eigenvalue weighted by molar-refractivity contribution is 5.96. The lowest BCUT2D eigenvalue weighted by Crippen LogP contribution is -2.45. The smallest absolute Gasteiger partial charge is 0.254 e. The molecule has 0 radical (unpaired) electrons. The molecule has 1 saturated heterocycles. The van der Waals surface area contributed by atoms with Crippen LogP contribution < -0.4 is 16.0 Å². The van der Waals surface area contributed by atoms with Crippen LogP contribution in [0.15, 0.2) is 30.5 Å². The van der Waals surface area contributed by atoms with Crippen LogP contribution in [0.2, 0.25) is 0 Å². The number of nitrogens with one attached hydrogen (secondary N) is 3. The molecule has 0 saturated carbocycles. The number of nitrogens with zero attached hydrogens (tertiary/aromatic N) is 1. The topological polar surface area (TPSA) is 84.4 Å². The maximum absolute atomic E-state index is 12.2. The summed E-state index contributed by atoms with van der Waals surface area (Å²) < 4.78 is 7.29. The van der Waals surface area contributed by atoms with Crippen molar-refractivity contribution in [2.75, 3.05) is 32.1 Å². The molecule has 2 heterocycles. The lowest BCUT2D eigenvalue weighted by Gasteiger charge is -2.22. The molecule has 1 unspecified atom stereocenters. The van der Waals surface area contributed by atoms with Gasteiger partial charge in [0.05, 0.1) is 12.1 Å². The molecule has 24 heavy (non-hydrogen) atoms. The van der Waals surface area contributed by atoms with Crippen LogP contribution in [0.25, 0.3) is 10.9 Å². The van der Waals surface area contributed by atoms with Crippen LogP contribution in [0.4, 0.5) is 5.69 Å². The van der Waals surface area contributed by atoms with E-state index in [4.69, 9.17) is 4.74 Å². The first kappa shape index (κ1) is 18.3. The first-order valence-corrected chi connectivity index (χ1v) is 7.60. The molecule has 3 rings (SSSR count). The van der Waals surface area contributed by atoms with Crippen molar-refractivity contribution in [3.05, 3.63) is 30.5 Å². The van der Waals surface area contributed by atoms with Crippen LogP contribution in [0, 0.1) is 0 Å². The summed E-state index contributed by atoms with van der Waals surface area (Å²) >= 11 is 0. The Labute approximate surface area is 146 Å². The first-order chi connectivity index (χ1) is 11.2. The fourth-order valence-electron chi connectivity index (χ4n) is 2.59. The number of morpholine rings is 1. The normalized spacial score (nSPS) is 17.1. The van der Waals surface area contributed by atoms with Crippen LogP contribution in [0.3, 0.4) is 0 Å². The number of rotatable bonds is 4. The van der Waals surface area contributed by atoms with E-state index in [2.05, 4.69) is 16.0 Å². The molecule has 130 valence electrons. The summed E-state index contributed by atoms with van der Waals surface area (Å²) in [5.41, 5.74) is 1.59. The molecule has 7 nitrogen and oxygen atoms in total. The van der Waals surface area contributed by atoms with Crippen molar-refractivity contribution >= 4 is 40.8 Å². The van der Waals surface area contributed by atoms with Gasteiger partial charge in [-0.15, -0.1) is 12.4 Å². The van der Waals surface area contributed by atoms with Crippen molar-refractivity contribution in [2.24, 2.45) is 0 Å². The van der Waals surface area contributed by atoms with Gasteiger partial charge in [-0.05, 0) is 23.6 Å². The van der Waals surface area contributed by atoms with Gasteiger partial charge in [-0.25, -0.2) is 0 Å². The number of hydrogen-bond acceptors (Lipinski definition) is 4. The molecule has 1 aliphatic rings. The number of ether oxygens (including phenoxy) is 1. The molecule has 1 fully saturated rings. The molecule has 1 aromatic carbocycles. The average molecular weight is 353 g/mol. The Morgan fingerprint density at radius 1 is 1.38 bits per heavy atom. The Hall–Kier alpha value is -2.09. The van der Waals surface area contributed by atoms with E-state index in [9.17, 15) is 9.59 Å². The minimum atomic E-state index is -0.475. The summed E-state index contributed by atoms with van der Waals surface area (Å²) in [5, 5.41) is 9.62. The first-order valence-electron chi connectivity index (χ1n) is 7.60. The van der Waals surface area contributed by atoms with E-state index in [1.54, 1.807) is 7.05 Å². The Balaban J connectivity index is 0.00000208. The summed E-state index contributed by atoms with van der Waals surface area (Å²) in [6.07, 6.45) is 1.39. The average Bonchev–Trinajstić information content (AvgIpc) is 2.98. The highest BCUT2D eigenvalue weighted by atomic mass is 35.5. The molecule has 0 bridgehead atoms. The van der Waals surface area contributed by atoms with Gasteiger partial charge in [0, 0.05) is 32.0 Å². The molecule has 1 atom stereocenters. The summed E-state index contributed by atoms with van der Waals surface area (Å²) in [6, 6.07) is 7.58. The van der Waals surface area contributed by atoms with Crippen molar-refractivity contribution in [3.63, 3.8) is 0 Å². The van der Waals surface area contributed by atoms with E-state index >= 15 is 0 Å². The van der Waals surface area contributed by atoms with Crippen LogP contribution >= 0.6 is 12.4 Å². The second-order valence-corrected chi connectivity index (χ2v) is 5.44. The largest absolute Gasteiger partial charge is 0.366 e. The number of hydrogen-bond donors (Lipinski definition) is 3. The summed E-state index contributed by atoms with van der Waals surface area (Å²) in [5.74, 6) is -0.237. The van der Waals surface area contributed by atoms with E-state index in [0.29, 0.717) is 18.8 Å². The van der Waals surface area contributed by atoms with Crippen molar-refractivity contribution in [3.8, 4) is 0 Å². The number of fused-ring (bicyclic) bond motifs is 1. The van der Waals surface area contributed by atoms with Gasteiger partial charge in [-0.1, -0.05) is 6.07 Å². The number of likely N-dealkylation sites (N-methyl/N-ethyl adjacent to an activating group) is 1. The summed E-state index contributed by atoms with van der Waals surface area (Å²) in [4.78, 5) is 23.8.